The fourth-order valence-corrected chi connectivity index (χ4v) is 6.27. The van der Waals surface area contributed by atoms with E-state index in [2.05, 4.69) is 15.2 Å². The first-order valence-corrected chi connectivity index (χ1v) is 13.0. The number of rotatable bonds is 5. The van der Waals surface area contributed by atoms with E-state index in [9.17, 15) is 4.79 Å². The average molecular weight is 491 g/mol. The highest BCUT2D eigenvalue weighted by atomic mass is 32.2. The van der Waals surface area contributed by atoms with Gasteiger partial charge in [0.05, 0.1) is 0 Å². The molecule has 7 nitrogen and oxygen atoms in total. The van der Waals surface area contributed by atoms with Crippen molar-refractivity contribution in [2.75, 3.05) is 13.1 Å². The minimum Gasteiger partial charge on any atom is -0.451 e. The van der Waals surface area contributed by atoms with Gasteiger partial charge in [-0.1, -0.05) is 53.4 Å². The molecule has 0 atom stereocenters. The largest absolute Gasteiger partial charge is 0.451 e. The summed E-state index contributed by atoms with van der Waals surface area (Å²) in [6.45, 7) is 3.22. The van der Waals surface area contributed by atoms with Gasteiger partial charge >= 0.3 is 0 Å². The predicted octanol–water partition coefficient (Wildman–Crippen LogP) is 6.05. The number of hydrogen-bond donors (Lipinski definition) is 0. The highest BCUT2D eigenvalue weighted by Gasteiger charge is 2.31. The topological polar surface area (TPSA) is 85.3 Å². The first-order valence-electron chi connectivity index (χ1n) is 11.2. The molecule has 3 aromatic heterocycles. The maximum absolute atomic E-state index is 13.5. The van der Waals surface area contributed by atoms with Crippen LogP contribution in [-0.2, 0) is 5.75 Å². The zero-order chi connectivity index (χ0) is 23.1. The molecule has 2 aromatic carbocycles. The number of aryl methyl sites for hydroxylation is 1. The second kappa shape index (κ2) is 8.88. The van der Waals surface area contributed by atoms with Crippen molar-refractivity contribution in [2.24, 2.45) is 0 Å². The SMILES string of the molecule is Cc1nnc(SCc2c(C(=O)N3CCC(c4nc5ccccc5o4)CC3)oc3ccccc23)s1. The van der Waals surface area contributed by atoms with Gasteiger partial charge in [0.15, 0.2) is 21.6 Å². The van der Waals surface area contributed by atoms with Crippen molar-refractivity contribution in [3.8, 4) is 0 Å². The maximum atomic E-state index is 13.5. The Labute approximate surface area is 204 Å². The Morgan fingerprint density at radius 1 is 1.06 bits per heavy atom. The van der Waals surface area contributed by atoms with Crippen LogP contribution < -0.4 is 0 Å². The maximum Gasteiger partial charge on any atom is 0.289 e. The third-order valence-corrected chi connectivity index (χ3v) is 8.18. The van der Waals surface area contributed by atoms with Crippen LogP contribution in [0.25, 0.3) is 22.1 Å². The van der Waals surface area contributed by atoms with Crippen LogP contribution >= 0.6 is 23.1 Å². The number of hydrogen-bond acceptors (Lipinski definition) is 8. The fourth-order valence-electron chi connectivity index (χ4n) is 4.42. The molecule has 5 aromatic rings. The summed E-state index contributed by atoms with van der Waals surface area (Å²) in [6, 6.07) is 15.6. The van der Waals surface area contributed by atoms with Crippen LogP contribution in [0, 0.1) is 6.92 Å². The van der Waals surface area contributed by atoms with Crippen molar-refractivity contribution in [3.63, 3.8) is 0 Å². The summed E-state index contributed by atoms with van der Waals surface area (Å²) in [6.07, 6.45) is 1.62. The molecule has 1 aliphatic heterocycles. The van der Waals surface area contributed by atoms with E-state index < -0.39 is 0 Å². The summed E-state index contributed by atoms with van der Waals surface area (Å²) >= 11 is 3.14. The number of carbonyl (C=O) groups is 1. The number of fused-ring (bicyclic) bond motifs is 2. The molecule has 1 amide bonds. The number of piperidine rings is 1. The van der Waals surface area contributed by atoms with Gasteiger partial charge in [-0.05, 0) is 38.0 Å². The molecular formula is C25H22N4O3S2. The number of furan rings is 1. The molecule has 0 radical (unpaired) electrons. The highest BCUT2D eigenvalue weighted by Crippen LogP contribution is 2.35. The highest BCUT2D eigenvalue weighted by molar-refractivity contribution is 8.00. The number of nitrogens with zero attached hydrogens (tertiary/aromatic N) is 4. The Morgan fingerprint density at radius 2 is 1.82 bits per heavy atom. The van der Waals surface area contributed by atoms with E-state index in [0.717, 1.165) is 55.7 Å². The lowest BCUT2D eigenvalue weighted by atomic mass is 9.96. The Hall–Kier alpha value is -3.17. The van der Waals surface area contributed by atoms with E-state index in [0.29, 0.717) is 24.6 Å². The summed E-state index contributed by atoms with van der Waals surface area (Å²) in [7, 11) is 0. The molecule has 1 fully saturated rings. The van der Waals surface area contributed by atoms with Gasteiger partial charge in [-0.25, -0.2) is 4.98 Å². The normalized spacial score (nSPS) is 14.9. The molecule has 0 unspecified atom stereocenters. The van der Waals surface area contributed by atoms with Gasteiger partial charge in [0.25, 0.3) is 5.91 Å². The molecule has 172 valence electrons. The molecular weight excluding hydrogens is 468 g/mol. The third-order valence-electron chi connectivity index (χ3n) is 6.18. The van der Waals surface area contributed by atoms with E-state index in [1.165, 1.54) is 0 Å². The number of carbonyl (C=O) groups excluding carboxylic acids is 1. The minimum atomic E-state index is -0.0590. The standard InChI is InChI=1S/C25H22N4O3S2/c1-15-27-28-25(34-15)33-14-18-17-6-2-4-8-20(17)31-22(18)24(30)29-12-10-16(11-13-29)23-26-19-7-3-5-9-21(19)32-23/h2-9,16H,10-14H2,1H3. The molecule has 34 heavy (non-hydrogen) atoms. The number of likely N-dealkylation sites (tertiary alicyclic amines) is 1. The van der Waals surface area contributed by atoms with Crippen LogP contribution in [-0.4, -0.2) is 39.1 Å². The smallest absolute Gasteiger partial charge is 0.289 e. The number of aromatic nitrogens is 3. The number of benzene rings is 2. The molecule has 4 heterocycles. The van der Waals surface area contributed by atoms with Crippen molar-refractivity contribution in [1.82, 2.24) is 20.1 Å². The summed E-state index contributed by atoms with van der Waals surface area (Å²) in [5.41, 5.74) is 3.34. The summed E-state index contributed by atoms with van der Waals surface area (Å²) in [4.78, 5) is 20.1. The zero-order valence-electron chi connectivity index (χ0n) is 18.6. The Kier molecular flexibility index (Phi) is 5.58. The lowest BCUT2D eigenvalue weighted by Gasteiger charge is -2.30. The molecule has 0 bridgehead atoms. The van der Waals surface area contributed by atoms with Crippen LogP contribution in [0.5, 0.6) is 0 Å². The summed E-state index contributed by atoms with van der Waals surface area (Å²) in [5, 5.41) is 10.2. The molecule has 0 spiro atoms. The van der Waals surface area contributed by atoms with E-state index in [1.54, 1.807) is 23.1 Å². The van der Waals surface area contributed by atoms with Gasteiger partial charge in [-0.15, -0.1) is 10.2 Å². The number of para-hydroxylation sites is 3. The van der Waals surface area contributed by atoms with Crippen molar-refractivity contribution >= 4 is 51.1 Å². The molecule has 1 saturated heterocycles. The first-order chi connectivity index (χ1) is 16.7. The zero-order valence-corrected chi connectivity index (χ0v) is 20.2. The van der Waals surface area contributed by atoms with Crippen LogP contribution in [0.15, 0.2) is 61.7 Å². The number of amides is 1. The van der Waals surface area contributed by atoms with Gasteiger partial charge in [-0.2, -0.15) is 0 Å². The molecule has 0 N–H and O–H groups in total. The second-order valence-corrected chi connectivity index (χ2v) is 10.8. The van der Waals surface area contributed by atoms with Crippen molar-refractivity contribution in [2.45, 2.75) is 35.8 Å². The fraction of sp³-hybridized carbons (Fsp3) is 0.280. The van der Waals surface area contributed by atoms with Crippen LogP contribution in [0.3, 0.4) is 0 Å². The number of thioether (sulfide) groups is 1. The minimum absolute atomic E-state index is 0.0590. The van der Waals surface area contributed by atoms with Crippen molar-refractivity contribution in [1.29, 1.82) is 0 Å². The van der Waals surface area contributed by atoms with Crippen molar-refractivity contribution < 1.29 is 13.6 Å². The summed E-state index contributed by atoms with van der Waals surface area (Å²) < 4.78 is 13.0. The van der Waals surface area contributed by atoms with E-state index >= 15 is 0 Å². The molecule has 0 saturated carbocycles. The molecule has 9 heteroatoms. The predicted molar refractivity (Wildman–Crippen MR) is 132 cm³/mol. The molecule has 0 aliphatic carbocycles. The van der Waals surface area contributed by atoms with E-state index in [4.69, 9.17) is 8.83 Å². The first kappa shape index (κ1) is 21.4. The number of oxazole rings is 1. The average Bonchev–Trinajstić information content (AvgIpc) is 3.58. The van der Waals surface area contributed by atoms with Gasteiger partial charge in [0.2, 0.25) is 0 Å². The second-order valence-electron chi connectivity index (χ2n) is 8.37. The lowest BCUT2D eigenvalue weighted by Crippen LogP contribution is -2.38. The van der Waals surface area contributed by atoms with E-state index in [-0.39, 0.29) is 11.8 Å². The molecule has 6 rings (SSSR count). The third kappa shape index (κ3) is 3.99. The van der Waals surface area contributed by atoms with Gasteiger partial charge in [0, 0.05) is 35.7 Å². The Balaban J connectivity index is 1.21. The Bertz CT molecular complexity index is 1450. The van der Waals surface area contributed by atoms with Crippen LogP contribution in [0.1, 0.15) is 45.8 Å². The summed E-state index contributed by atoms with van der Waals surface area (Å²) in [5.74, 6) is 1.95. The van der Waals surface area contributed by atoms with E-state index in [1.807, 2.05) is 60.4 Å². The lowest BCUT2D eigenvalue weighted by molar-refractivity contribution is 0.0676. The van der Waals surface area contributed by atoms with Crippen molar-refractivity contribution in [3.05, 3.63) is 70.8 Å². The van der Waals surface area contributed by atoms with Gasteiger partial charge in [0.1, 0.15) is 16.1 Å². The quantitative estimate of drug-likeness (QED) is 0.277. The van der Waals surface area contributed by atoms with Crippen LogP contribution in [0.4, 0.5) is 0 Å². The van der Waals surface area contributed by atoms with Gasteiger partial charge in [-0.3, -0.25) is 4.79 Å². The monoisotopic (exact) mass is 490 g/mol. The molecule has 1 aliphatic rings. The van der Waals surface area contributed by atoms with Gasteiger partial charge < -0.3 is 13.7 Å². The van der Waals surface area contributed by atoms with Crippen LogP contribution in [0.2, 0.25) is 0 Å². The Morgan fingerprint density at radius 3 is 2.59 bits per heavy atom.